The monoisotopic (exact) mass is 291 g/mol. The molecule has 1 aliphatic rings. The Morgan fingerprint density at radius 2 is 1.76 bits per heavy atom. The molecule has 118 valence electrons. The van der Waals surface area contributed by atoms with E-state index in [1.807, 2.05) is 6.92 Å². The Morgan fingerprint density at radius 3 is 2.19 bits per heavy atom. The molecule has 2 N–H and O–H groups in total. The second-order valence-corrected chi connectivity index (χ2v) is 6.86. The molecular formula is C18H29NO2. The fourth-order valence-corrected chi connectivity index (χ4v) is 3.26. The van der Waals surface area contributed by atoms with Gasteiger partial charge in [-0.25, -0.2) is 0 Å². The van der Waals surface area contributed by atoms with Crippen LogP contribution in [0.25, 0.3) is 0 Å². The fourth-order valence-electron chi connectivity index (χ4n) is 3.26. The molecule has 0 spiro atoms. The fraction of sp³-hybridized carbons (Fsp3) is 0.667. The predicted octanol–water partition coefficient (Wildman–Crippen LogP) is 3.05. The first-order chi connectivity index (χ1) is 9.73. The molecule has 0 saturated carbocycles. The van der Waals surface area contributed by atoms with Crippen molar-refractivity contribution in [2.75, 3.05) is 6.61 Å². The molecule has 0 bridgehead atoms. The lowest BCUT2D eigenvalue weighted by molar-refractivity contribution is -0.263. The van der Waals surface area contributed by atoms with Crippen molar-refractivity contribution >= 4 is 0 Å². The molecule has 3 heteroatoms. The van der Waals surface area contributed by atoms with Crippen molar-refractivity contribution in [3.63, 3.8) is 0 Å². The molecule has 21 heavy (non-hydrogen) atoms. The van der Waals surface area contributed by atoms with Crippen LogP contribution in [0.3, 0.4) is 0 Å². The molecule has 1 aromatic carbocycles. The number of morpholine rings is 1. The van der Waals surface area contributed by atoms with E-state index in [9.17, 15) is 5.11 Å². The summed E-state index contributed by atoms with van der Waals surface area (Å²) in [6.07, 6.45) is 1.94. The summed E-state index contributed by atoms with van der Waals surface area (Å²) in [5.74, 6) is -1.25. The van der Waals surface area contributed by atoms with Gasteiger partial charge in [0.1, 0.15) is 0 Å². The normalized spacial score (nSPS) is 28.6. The number of hydrogen-bond acceptors (Lipinski definition) is 3. The van der Waals surface area contributed by atoms with Gasteiger partial charge in [0.25, 0.3) is 0 Å². The summed E-state index contributed by atoms with van der Waals surface area (Å²) in [4.78, 5) is 0. The van der Waals surface area contributed by atoms with E-state index in [0.717, 1.165) is 18.4 Å². The molecule has 1 fully saturated rings. The van der Waals surface area contributed by atoms with Crippen molar-refractivity contribution in [3.05, 3.63) is 34.4 Å². The molecule has 1 heterocycles. The van der Waals surface area contributed by atoms with Crippen LogP contribution in [0.2, 0.25) is 0 Å². The number of rotatable bonds is 3. The van der Waals surface area contributed by atoms with Crippen LogP contribution in [-0.2, 0) is 23.4 Å². The van der Waals surface area contributed by atoms with Gasteiger partial charge in [-0.1, -0.05) is 26.0 Å². The van der Waals surface area contributed by atoms with Crippen LogP contribution >= 0.6 is 0 Å². The number of ether oxygens (including phenoxy) is 1. The Bertz CT molecular complexity index is 499. The van der Waals surface area contributed by atoms with Gasteiger partial charge >= 0.3 is 0 Å². The molecule has 0 radical (unpaired) electrons. The Morgan fingerprint density at radius 1 is 1.24 bits per heavy atom. The highest BCUT2D eigenvalue weighted by atomic mass is 16.6. The minimum atomic E-state index is -1.25. The molecular weight excluding hydrogens is 262 g/mol. The zero-order chi connectivity index (χ0) is 15.8. The smallest absolute Gasteiger partial charge is 0.208 e. The highest BCUT2D eigenvalue weighted by molar-refractivity contribution is 5.41. The first-order valence-electron chi connectivity index (χ1n) is 8.00. The molecule has 2 unspecified atom stereocenters. The zero-order valence-electron chi connectivity index (χ0n) is 14.2. The highest BCUT2D eigenvalue weighted by Crippen LogP contribution is 2.35. The predicted molar refractivity (Wildman–Crippen MR) is 86.5 cm³/mol. The second-order valence-electron chi connectivity index (χ2n) is 6.86. The SMILES string of the molecule is CCc1cc(C2(O)OCC(C)(C)NC2C)cc(CC)c1C. The third-order valence-electron chi connectivity index (χ3n) is 4.65. The largest absolute Gasteiger partial charge is 0.361 e. The van der Waals surface area contributed by atoms with E-state index in [0.29, 0.717) is 6.61 Å². The highest BCUT2D eigenvalue weighted by Gasteiger charge is 2.45. The number of aryl methyl sites for hydroxylation is 2. The van der Waals surface area contributed by atoms with Crippen LogP contribution < -0.4 is 5.32 Å². The maximum Gasteiger partial charge on any atom is 0.208 e. The van der Waals surface area contributed by atoms with Gasteiger partial charge < -0.3 is 15.2 Å². The number of benzene rings is 1. The quantitative estimate of drug-likeness (QED) is 0.899. The van der Waals surface area contributed by atoms with Gasteiger partial charge in [0.05, 0.1) is 12.6 Å². The van der Waals surface area contributed by atoms with Crippen LogP contribution in [0.5, 0.6) is 0 Å². The van der Waals surface area contributed by atoms with Crippen molar-refractivity contribution in [1.82, 2.24) is 5.32 Å². The van der Waals surface area contributed by atoms with Gasteiger partial charge in [-0.2, -0.15) is 0 Å². The average molecular weight is 291 g/mol. The maximum atomic E-state index is 11.1. The second kappa shape index (κ2) is 5.71. The molecule has 1 saturated heterocycles. The minimum Gasteiger partial charge on any atom is -0.361 e. The van der Waals surface area contributed by atoms with Gasteiger partial charge in [0.2, 0.25) is 5.79 Å². The van der Waals surface area contributed by atoms with Crippen molar-refractivity contribution < 1.29 is 9.84 Å². The molecule has 2 rings (SSSR count). The van der Waals surface area contributed by atoms with Gasteiger partial charge in [-0.3, -0.25) is 0 Å². The van der Waals surface area contributed by atoms with Crippen LogP contribution in [0.15, 0.2) is 12.1 Å². The van der Waals surface area contributed by atoms with E-state index in [-0.39, 0.29) is 11.6 Å². The Kier molecular flexibility index (Phi) is 4.48. The third-order valence-corrected chi connectivity index (χ3v) is 4.65. The van der Waals surface area contributed by atoms with Gasteiger partial charge in [0, 0.05) is 11.1 Å². The molecule has 0 amide bonds. The number of nitrogens with one attached hydrogen (secondary N) is 1. The van der Waals surface area contributed by atoms with E-state index >= 15 is 0 Å². The summed E-state index contributed by atoms with van der Waals surface area (Å²) in [7, 11) is 0. The van der Waals surface area contributed by atoms with Gasteiger partial charge in [-0.15, -0.1) is 0 Å². The van der Waals surface area contributed by atoms with E-state index in [4.69, 9.17) is 4.74 Å². The first-order valence-corrected chi connectivity index (χ1v) is 8.00. The molecule has 0 aliphatic carbocycles. The van der Waals surface area contributed by atoms with E-state index in [2.05, 4.69) is 52.1 Å². The van der Waals surface area contributed by atoms with E-state index < -0.39 is 5.79 Å². The summed E-state index contributed by atoms with van der Waals surface area (Å²) in [6, 6.07) is 4.05. The summed E-state index contributed by atoms with van der Waals surface area (Å²) < 4.78 is 5.91. The lowest BCUT2D eigenvalue weighted by Gasteiger charge is -2.46. The zero-order valence-corrected chi connectivity index (χ0v) is 14.2. The Balaban J connectivity index is 2.45. The van der Waals surface area contributed by atoms with Crippen LogP contribution in [-0.4, -0.2) is 23.3 Å². The van der Waals surface area contributed by atoms with E-state index in [1.54, 1.807) is 0 Å². The summed E-state index contributed by atoms with van der Waals surface area (Å²) in [6.45, 7) is 13.1. The number of aliphatic hydroxyl groups is 1. The van der Waals surface area contributed by atoms with Crippen molar-refractivity contribution in [3.8, 4) is 0 Å². The summed E-state index contributed by atoms with van der Waals surface area (Å²) in [5.41, 5.74) is 4.68. The lowest BCUT2D eigenvalue weighted by atomic mass is 9.87. The van der Waals surface area contributed by atoms with Crippen molar-refractivity contribution in [2.24, 2.45) is 0 Å². The van der Waals surface area contributed by atoms with Crippen molar-refractivity contribution in [2.45, 2.75) is 71.8 Å². The Labute approximate surface area is 128 Å². The number of hydrogen-bond donors (Lipinski definition) is 2. The average Bonchev–Trinajstić information content (AvgIpc) is 2.43. The standard InChI is InChI=1S/C18H29NO2/c1-7-14-9-16(10-15(8-2)12(14)3)18(20)13(4)19-17(5,6)11-21-18/h9-10,13,19-20H,7-8,11H2,1-6H3. The molecule has 3 nitrogen and oxygen atoms in total. The van der Waals surface area contributed by atoms with Gasteiger partial charge in [-0.05, 0) is 57.2 Å². The van der Waals surface area contributed by atoms with Crippen LogP contribution in [0.1, 0.15) is 56.9 Å². The minimum absolute atomic E-state index is 0.114. The summed E-state index contributed by atoms with van der Waals surface area (Å²) in [5, 5.41) is 14.5. The summed E-state index contributed by atoms with van der Waals surface area (Å²) >= 11 is 0. The van der Waals surface area contributed by atoms with E-state index in [1.165, 1.54) is 16.7 Å². The van der Waals surface area contributed by atoms with Crippen LogP contribution in [0.4, 0.5) is 0 Å². The van der Waals surface area contributed by atoms with Crippen LogP contribution in [0, 0.1) is 6.92 Å². The first kappa shape index (κ1) is 16.5. The Hall–Kier alpha value is -0.900. The van der Waals surface area contributed by atoms with Crippen molar-refractivity contribution in [1.29, 1.82) is 0 Å². The lowest BCUT2D eigenvalue weighted by Crippen LogP contribution is -2.63. The molecule has 1 aromatic rings. The molecule has 2 atom stereocenters. The van der Waals surface area contributed by atoms with Gasteiger partial charge in [0.15, 0.2) is 0 Å². The maximum absolute atomic E-state index is 11.1. The molecule has 1 aliphatic heterocycles. The third kappa shape index (κ3) is 3.01. The molecule has 0 aromatic heterocycles. The topological polar surface area (TPSA) is 41.5 Å².